The van der Waals surface area contributed by atoms with Crippen molar-refractivity contribution in [2.75, 3.05) is 5.32 Å². The highest BCUT2D eigenvalue weighted by atomic mass is 16.1. The zero-order valence-corrected chi connectivity index (χ0v) is 7.35. The van der Waals surface area contributed by atoms with E-state index < -0.39 is 0 Å². The summed E-state index contributed by atoms with van der Waals surface area (Å²) in [5.41, 5.74) is 1.96. The van der Waals surface area contributed by atoms with Gasteiger partial charge in [0.05, 0.1) is 0 Å². The van der Waals surface area contributed by atoms with E-state index in [9.17, 15) is 4.79 Å². The maximum absolute atomic E-state index is 10.7. The quantitative estimate of drug-likeness (QED) is 0.708. The second-order valence-corrected chi connectivity index (χ2v) is 2.65. The molecule has 0 heterocycles. The van der Waals surface area contributed by atoms with E-state index in [4.69, 9.17) is 0 Å². The molecule has 1 amide bonds. The normalized spacial score (nSPS) is 9.50. The third-order valence-corrected chi connectivity index (χ3v) is 1.58. The van der Waals surface area contributed by atoms with Crippen molar-refractivity contribution in [2.45, 2.75) is 20.3 Å². The molecule has 2 nitrogen and oxygen atoms in total. The van der Waals surface area contributed by atoms with Crippen LogP contribution < -0.4 is 5.32 Å². The topological polar surface area (TPSA) is 29.1 Å². The van der Waals surface area contributed by atoms with Crippen molar-refractivity contribution in [1.82, 2.24) is 0 Å². The Morgan fingerprint density at radius 3 is 3.00 bits per heavy atom. The highest BCUT2D eigenvalue weighted by Crippen LogP contribution is 2.09. The molecule has 0 aliphatic carbocycles. The van der Waals surface area contributed by atoms with Gasteiger partial charge in [0, 0.05) is 18.7 Å². The fraction of sp³-hybridized carbons (Fsp3) is 0.300. The van der Waals surface area contributed by atoms with E-state index >= 15 is 0 Å². The van der Waals surface area contributed by atoms with Crippen LogP contribution in [0.4, 0.5) is 5.69 Å². The Hall–Kier alpha value is -1.31. The number of carbonyl (C=O) groups excluding carboxylic acids is 1. The maximum atomic E-state index is 10.7. The van der Waals surface area contributed by atoms with Crippen molar-refractivity contribution >= 4 is 11.6 Å². The first kappa shape index (κ1) is 8.78. The molecule has 0 aliphatic rings. The second-order valence-electron chi connectivity index (χ2n) is 2.65. The minimum Gasteiger partial charge on any atom is -0.326 e. The molecule has 63 valence electrons. The van der Waals surface area contributed by atoms with E-state index in [0.717, 1.165) is 12.1 Å². The number of carbonyl (C=O) groups is 1. The Kier molecular flexibility index (Phi) is 2.86. The minimum atomic E-state index is -0.0560. The van der Waals surface area contributed by atoms with Crippen LogP contribution in [0, 0.1) is 6.07 Å². The maximum Gasteiger partial charge on any atom is 0.221 e. The largest absolute Gasteiger partial charge is 0.326 e. The number of hydrogen-bond acceptors (Lipinski definition) is 1. The summed E-state index contributed by atoms with van der Waals surface area (Å²) in [6.07, 6.45) is 0.973. The molecule has 0 atom stereocenters. The van der Waals surface area contributed by atoms with Crippen LogP contribution in [0.2, 0.25) is 0 Å². The van der Waals surface area contributed by atoms with Gasteiger partial charge in [-0.2, -0.15) is 0 Å². The van der Waals surface area contributed by atoms with Crippen molar-refractivity contribution in [2.24, 2.45) is 0 Å². The number of hydrogen-bond donors (Lipinski definition) is 1. The molecule has 12 heavy (non-hydrogen) atoms. The molecule has 0 aliphatic heterocycles. The molecule has 0 saturated carbocycles. The first-order valence-electron chi connectivity index (χ1n) is 4.00. The molecular weight excluding hydrogens is 150 g/mol. The lowest BCUT2D eigenvalue weighted by atomic mass is 10.1. The van der Waals surface area contributed by atoms with Gasteiger partial charge in [-0.05, 0) is 18.1 Å². The molecule has 1 radical (unpaired) electrons. The number of nitrogens with one attached hydrogen (secondary N) is 1. The monoisotopic (exact) mass is 162 g/mol. The van der Waals surface area contributed by atoms with Gasteiger partial charge in [0.1, 0.15) is 0 Å². The molecule has 0 spiro atoms. The van der Waals surface area contributed by atoms with Gasteiger partial charge in [0.15, 0.2) is 0 Å². The third-order valence-electron chi connectivity index (χ3n) is 1.58. The van der Waals surface area contributed by atoms with E-state index in [1.807, 2.05) is 18.2 Å². The van der Waals surface area contributed by atoms with E-state index in [-0.39, 0.29) is 5.91 Å². The van der Waals surface area contributed by atoms with E-state index in [2.05, 4.69) is 18.3 Å². The Morgan fingerprint density at radius 1 is 1.67 bits per heavy atom. The first-order valence-corrected chi connectivity index (χ1v) is 4.00. The zero-order valence-electron chi connectivity index (χ0n) is 7.35. The van der Waals surface area contributed by atoms with Crippen molar-refractivity contribution in [3.63, 3.8) is 0 Å². The van der Waals surface area contributed by atoms with Crippen LogP contribution in [-0.4, -0.2) is 5.91 Å². The summed E-state index contributed by atoms with van der Waals surface area (Å²) < 4.78 is 0. The van der Waals surface area contributed by atoms with Gasteiger partial charge in [0.25, 0.3) is 0 Å². The number of rotatable bonds is 2. The number of aryl methyl sites for hydroxylation is 1. The second kappa shape index (κ2) is 3.90. The smallest absolute Gasteiger partial charge is 0.221 e. The first-order chi connectivity index (χ1) is 5.72. The predicted molar refractivity (Wildman–Crippen MR) is 49.0 cm³/mol. The fourth-order valence-electron chi connectivity index (χ4n) is 0.995. The number of benzene rings is 1. The van der Waals surface area contributed by atoms with Crippen molar-refractivity contribution < 1.29 is 4.79 Å². The summed E-state index contributed by atoms with van der Waals surface area (Å²) in [7, 11) is 0. The third kappa shape index (κ3) is 2.38. The Balaban J connectivity index is 2.79. The summed E-state index contributed by atoms with van der Waals surface area (Å²) in [5.74, 6) is -0.0560. The molecule has 1 N–H and O–H groups in total. The van der Waals surface area contributed by atoms with Crippen LogP contribution in [0.3, 0.4) is 0 Å². The zero-order chi connectivity index (χ0) is 8.97. The lowest BCUT2D eigenvalue weighted by Crippen LogP contribution is -2.05. The molecular formula is C10H12NO. The van der Waals surface area contributed by atoms with E-state index in [0.29, 0.717) is 0 Å². The highest BCUT2D eigenvalue weighted by molar-refractivity contribution is 5.88. The number of anilines is 1. The Labute approximate surface area is 72.6 Å². The summed E-state index contributed by atoms with van der Waals surface area (Å²) >= 11 is 0. The summed E-state index contributed by atoms with van der Waals surface area (Å²) in [4.78, 5) is 10.7. The Morgan fingerprint density at radius 2 is 2.42 bits per heavy atom. The van der Waals surface area contributed by atoms with Crippen molar-refractivity contribution in [3.8, 4) is 0 Å². The van der Waals surface area contributed by atoms with Crippen molar-refractivity contribution in [1.29, 1.82) is 0 Å². The van der Waals surface area contributed by atoms with E-state index in [1.165, 1.54) is 12.5 Å². The summed E-state index contributed by atoms with van der Waals surface area (Å²) in [5, 5.41) is 2.68. The highest BCUT2D eigenvalue weighted by Gasteiger charge is 1.95. The average Bonchev–Trinajstić information content (AvgIpc) is 2.03. The number of amides is 1. The SMILES string of the molecule is CCc1cc[c]c(NC(C)=O)c1. The average molecular weight is 162 g/mol. The molecule has 0 fully saturated rings. The van der Waals surface area contributed by atoms with Crippen molar-refractivity contribution in [3.05, 3.63) is 29.8 Å². The van der Waals surface area contributed by atoms with Gasteiger partial charge >= 0.3 is 0 Å². The predicted octanol–water partition coefficient (Wildman–Crippen LogP) is 2.01. The minimum absolute atomic E-state index is 0.0560. The molecule has 1 rings (SSSR count). The van der Waals surface area contributed by atoms with Gasteiger partial charge < -0.3 is 5.32 Å². The van der Waals surface area contributed by atoms with Crippen LogP contribution in [0.1, 0.15) is 19.4 Å². The van der Waals surface area contributed by atoms with E-state index in [1.54, 1.807) is 0 Å². The van der Waals surface area contributed by atoms with Gasteiger partial charge in [0.2, 0.25) is 5.91 Å². The van der Waals surface area contributed by atoms with Crippen LogP contribution in [0.5, 0.6) is 0 Å². The molecule has 0 unspecified atom stereocenters. The van der Waals surface area contributed by atoms with Gasteiger partial charge in [-0.15, -0.1) is 0 Å². The van der Waals surface area contributed by atoms with Gasteiger partial charge in [-0.25, -0.2) is 0 Å². The standard InChI is InChI=1S/C10H12NO/c1-3-9-5-4-6-10(7-9)11-8(2)12/h4-5,7H,3H2,1-2H3,(H,11,12). The lowest BCUT2D eigenvalue weighted by Gasteiger charge is -2.02. The lowest BCUT2D eigenvalue weighted by molar-refractivity contribution is -0.114. The summed E-state index contributed by atoms with van der Waals surface area (Å²) in [6.45, 7) is 3.57. The Bertz CT molecular complexity index is 281. The van der Waals surface area contributed by atoms with Gasteiger partial charge in [-0.3, -0.25) is 4.79 Å². The molecule has 0 bridgehead atoms. The molecule has 0 aromatic heterocycles. The summed E-state index contributed by atoms with van der Waals surface area (Å²) in [6, 6.07) is 8.69. The molecule has 0 saturated heterocycles. The molecule has 1 aromatic rings. The molecule has 2 heteroatoms. The van der Waals surface area contributed by atoms with Crippen LogP contribution in [0.25, 0.3) is 0 Å². The van der Waals surface area contributed by atoms with Crippen LogP contribution >= 0.6 is 0 Å². The molecule has 1 aromatic carbocycles. The fourth-order valence-corrected chi connectivity index (χ4v) is 0.995. The van der Waals surface area contributed by atoms with Crippen LogP contribution in [0.15, 0.2) is 18.2 Å². The van der Waals surface area contributed by atoms with Gasteiger partial charge in [-0.1, -0.05) is 19.1 Å². The van der Waals surface area contributed by atoms with Crippen LogP contribution in [-0.2, 0) is 11.2 Å².